The maximum absolute atomic E-state index is 13.1. The number of benzene rings is 6. The van der Waals surface area contributed by atoms with Gasteiger partial charge in [-0.25, -0.2) is 4.98 Å². The van der Waals surface area contributed by atoms with E-state index in [1.165, 1.54) is 0 Å². The molecule has 107 heavy (non-hydrogen) atoms. The van der Waals surface area contributed by atoms with E-state index in [9.17, 15) is 14.4 Å². The Morgan fingerprint density at radius 1 is 0.374 bits per heavy atom. The molecule has 0 aliphatic rings. The molecule has 1 heterocycles. The first-order valence-electron chi connectivity index (χ1n) is 38.2. The molecule has 6 aromatic carbocycles. The number of carbonyl (C=O) groups excluding carboxylic acids is 3. The fourth-order valence-electron chi connectivity index (χ4n) is 12.6. The Kier molecular flexibility index (Phi) is 48.1. The fraction of sp³-hybridized carbons (Fsp3) is 0.506. The van der Waals surface area contributed by atoms with Gasteiger partial charge in [-0.05, 0) is 172 Å². The van der Waals surface area contributed by atoms with Gasteiger partial charge in [0.1, 0.15) is 5.82 Å². The molecule has 20 heteroatoms. The maximum Gasteiger partial charge on any atom is 1.00 e. The van der Waals surface area contributed by atoms with E-state index in [0.29, 0.717) is 65.3 Å². The normalized spacial score (nSPS) is 11.3. The number of unbranched alkanes of at least 4 members (excludes halogenated alkanes) is 3. The molecular weight excluding hydrogens is 1360 g/mol. The van der Waals surface area contributed by atoms with E-state index < -0.39 is 12.6 Å². The number of hydrazine groups is 3. The molecule has 0 saturated heterocycles. The van der Waals surface area contributed by atoms with Crippen molar-refractivity contribution < 1.29 is 84.7 Å². The van der Waals surface area contributed by atoms with Crippen LogP contribution in [0.3, 0.4) is 0 Å². The Hall–Kier alpha value is -6.34. The molecule has 0 saturated carbocycles. The van der Waals surface area contributed by atoms with Crippen molar-refractivity contribution in [3.63, 3.8) is 0 Å². The van der Waals surface area contributed by atoms with Crippen LogP contribution in [-0.2, 0) is 32.0 Å². The minimum absolute atomic E-state index is 0. The summed E-state index contributed by atoms with van der Waals surface area (Å²) in [5.74, 6) is 4.51. The number of carbonyl (C=O) groups is 3. The number of aromatic amines is 1. The summed E-state index contributed by atoms with van der Waals surface area (Å²) in [5, 5.41) is 9.25. The quantitative estimate of drug-likeness (QED) is 0.00798. The molecule has 0 unspecified atom stereocenters. The second kappa shape index (κ2) is 54.3. The van der Waals surface area contributed by atoms with Crippen molar-refractivity contribution in [2.75, 3.05) is 122 Å². The zero-order valence-corrected chi connectivity index (χ0v) is 71.6. The van der Waals surface area contributed by atoms with Crippen LogP contribution in [-0.4, -0.2) is 149 Å². The van der Waals surface area contributed by atoms with Gasteiger partial charge in [0.25, 0.3) is 17.7 Å². The van der Waals surface area contributed by atoms with Gasteiger partial charge in [-0.15, -0.1) is 0 Å². The van der Waals surface area contributed by atoms with Gasteiger partial charge in [0.2, 0.25) is 0 Å². The number of hydrogen-bond donors (Lipinski definition) is 5. The maximum atomic E-state index is 13.1. The van der Waals surface area contributed by atoms with Crippen LogP contribution in [0.2, 0.25) is 0 Å². The largest absolute Gasteiger partial charge is 1.00 e. The number of H-pyrrole nitrogens is 1. The summed E-state index contributed by atoms with van der Waals surface area (Å²) in [6, 6.07) is 52.5. The molecule has 1 aromatic heterocycles. The van der Waals surface area contributed by atoms with Gasteiger partial charge in [-0.3, -0.25) is 45.7 Å². The van der Waals surface area contributed by atoms with Crippen molar-refractivity contribution in [3.8, 4) is 0 Å². The Labute approximate surface area is 687 Å². The molecule has 0 radical (unpaired) electrons. The van der Waals surface area contributed by atoms with Crippen LogP contribution in [0, 0.1) is 42.9 Å². The average Bonchev–Trinajstić information content (AvgIpc) is 1.93. The van der Waals surface area contributed by atoms with Crippen molar-refractivity contribution in [2.45, 2.75) is 147 Å². The number of amides is 3. The van der Waals surface area contributed by atoms with E-state index in [0.717, 1.165) is 157 Å². The molecule has 584 valence electrons. The van der Waals surface area contributed by atoms with Crippen LogP contribution in [0.1, 0.15) is 188 Å². The number of nitrogens with zero attached hydrogens (tertiary/aromatic N) is 7. The summed E-state index contributed by atoms with van der Waals surface area (Å²) in [4.78, 5) is 54.1. The van der Waals surface area contributed by atoms with Gasteiger partial charge >= 0.3 is 51.4 Å². The molecule has 7 rings (SSSR count). The van der Waals surface area contributed by atoms with Gasteiger partial charge in [0, 0.05) is 134 Å². The number of para-hydroxylation sites is 3. The third-order valence-electron chi connectivity index (χ3n) is 17.1. The van der Waals surface area contributed by atoms with Crippen molar-refractivity contribution in [2.24, 2.45) is 35.5 Å². The van der Waals surface area contributed by atoms with Gasteiger partial charge in [-0.1, -0.05) is 174 Å². The Morgan fingerprint density at radius 2 is 0.645 bits per heavy atom. The molecule has 5 N–H and O–H groups in total. The molecule has 0 aliphatic heterocycles. The van der Waals surface area contributed by atoms with Crippen molar-refractivity contribution in [3.05, 3.63) is 223 Å². The van der Waals surface area contributed by atoms with Gasteiger partial charge in [0.15, 0.2) is 12.6 Å². The first kappa shape index (κ1) is 94.9. The van der Waals surface area contributed by atoms with Gasteiger partial charge < -0.3 is 51.4 Å². The molecular formula is C87H133KN12O7. The van der Waals surface area contributed by atoms with Crippen LogP contribution in [0.25, 0.3) is 0 Å². The number of ether oxygens (including phenoxy) is 4. The van der Waals surface area contributed by atoms with E-state index in [-0.39, 0.29) is 76.5 Å². The molecule has 0 aliphatic carbocycles. The predicted octanol–water partition coefficient (Wildman–Crippen LogP) is 13.7. The summed E-state index contributed by atoms with van der Waals surface area (Å²) >= 11 is 0. The first-order valence-corrected chi connectivity index (χ1v) is 38.2. The molecule has 0 spiro atoms. The third-order valence-corrected chi connectivity index (χ3v) is 17.1. The Morgan fingerprint density at radius 3 is 0.897 bits per heavy atom. The topological polar surface area (TPSA) is 184 Å². The molecule has 0 fully saturated rings. The second-order valence-corrected chi connectivity index (χ2v) is 29.7. The van der Waals surface area contributed by atoms with Crippen LogP contribution in [0.4, 0.5) is 17.1 Å². The summed E-state index contributed by atoms with van der Waals surface area (Å²) in [5.41, 5.74) is 17.0. The minimum atomic E-state index is -0.441. The SMILES string of the molecule is CC(C)CN(CCCCN(NC(=O)c1ccc(CNCc2ncc[nH]2)cc1)c1ccccc1)CC(C)C.COC(OC)c1ccc(C(=O)NN(CCCCN(CC(C)C)CC(C)C)c2ccccc2)cc1.COC(OC)c1ccc(C(=O)NN(CCCCN(CC(C)C)CC(C)C)c2ccccc2)cc1.[CH3-].[K+]. The molecule has 0 atom stereocenters. The van der Waals surface area contributed by atoms with Gasteiger partial charge in [0.05, 0.1) is 23.6 Å². The van der Waals surface area contributed by atoms with Crippen molar-refractivity contribution in [1.82, 2.24) is 46.3 Å². The zero-order chi connectivity index (χ0) is 76.3. The van der Waals surface area contributed by atoms with Gasteiger partial charge in [-0.2, -0.15) is 0 Å². The zero-order valence-electron chi connectivity index (χ0n) is 68.5. The second-order valence-electron chi connectivity index (χ2n) is 29.7. The number of aromatic nitrogens is 2. The number of methoxy groups -OCH3 is 4. The predicted molar refractivity (Wildman–Crippen MR) is 438 cm³/mol. The summed E-state index contributed by atoms with van der Waals surface area (Å²) in [6.07, 6.45) is 8.93. The fourth-order valence-corrected chi connectivity index (χ4v) is 12.6. The van der Waals surface area contributed by atoms with Crippen LogP contribution >= 0.6 is 0 Å². The number of nitrogens with one attached hydrogen (secondary N) is 5. The third kappa shape index (κ3) is 38.2. The summed E-state index contributed by atoms with van der Waals surface area (Å²) in [7, 11) is 6.38. The molecule has 3 amide bonds. The van der Waals surface area contributed by atoms with E-state index in [4.69, 9.17) is 18.9 Å². The smallest absolute Gasteiger partial charge is 0.358 e. The number of anilines is 3. The monoisotopic (exact) mass is 1500 g/mol. The number of imidazole rings is 1. The molecule has 0 bridgehead atoms. The van der Waals surface area contributed by atoms with Crippen LogP contribution in [0.5, 0.6) is 0 Å². The first-order chi connectivity index (χ1) is 50.6. The Balaban J connectivity index is 0.000000413. The minimum Gasteiger partial charge on any atom is -0.358 e. The van der Waals surface area contributed by atoms with Crippen LogP contribution in [0.15, 0.2) is 176 Å². The average molecular weight is 1500 g/mol. The number of hydrogen-bond acceptors (Lipinski definition) is 15. The van der Waals surface area contributed by atoms with E-state index in [1.807, 2.05) is 161 Å². The number of rotatable bonds is 46. The molecule has 19 nitrogen and oxygen atoms in total. The van der Waals surface area contributed by atoms with Crippen molar-refractivity contribution in [1.29, 1.82) is 0 Å². The summed E-state index contributed by atoms with van der Waals surface area (Å²) in [6.45, 7) is 41.0. The van der Waals surface area contributed by atoms with E-state index in [1.54, 1.807) is 58.9 Å². The van der Waals surface area contributed by atoms with E-state index >= 15 is 0 Å². The van der Waals surface area contributed by atoms with Crippen molar-refractivity contribution >= 4 is 34.8 Å². The van der Waals surface area contributed by atoms with Crippen LogP contribution < -0.4 is 88.0 Å². The molecule has 7 aromatic rings. The van der Waals surface area contributed by atoms with E-state index in [2.05, 4.69) is 129 Å². The summed E-state index contributed by atoms with van der Waals surface area (Å²) < 4.78 is 21.2. The standard InChI is InChI=1S/C30H44N6O.2C28H43N3O3.CH3.K/c1-24(2)22-35(23-25(3)4)18-8-9-19-36(28-10-6-5-7-11-28)34-30(37)27-14-12-26(13-15-27)20-31-21-29-32-16-17-33-29;2*1-22(2)20-30(21-23(3)4)18-10-11-19-31(26-12-8-7-9-13-26)29-27(32)24-14-16-25(17-15-24)28(33-5)34-6;;/h5-7,10-17,24-25,31H,8-9,18-23H2,1-4H3,(H,32,33)(H,34,37);2*7-9,12-17,22-23,28H,10-11,18-21H2,1-6H3,(H,29,32);1H3;/q;;;-1;+1. The Bertz CT molecular complexity index is 3210.